The smallest absolute Gasteiger partial charge is 0.277 e. The molecule has 2 aromatic carbocycles. The molecular formula is C17H17BrN2O3. The van der Waals surface area contributed by atoms with Crippen LogP contribution in [0, 0.1) is 0 Å². The Morgan fingerprint density at radius 3 is 2.52 bits per heavy atom. The van der Waals surface area contributed by atoms with Crippen LogP contribution in [-0.4, -0.2) is 25.3 Å². The summed E-state index contributed by atoms with van der Waals surface area (Å²) in [6.07, 6.45) is 0. The van der Waals surface area contributed by atoms with Crippen molar-refractivity contribution in [1.82, 2.24) is 5.43 Å². The van der Waals surface area contributed by atoms with Gasteiger partial charge in [0.1, 0.15) is 11.5 Å². The molecule has 23 heavy (non-hydrogen) atoms. The lowest BCUT2D eigenvalue weighted by atomic mass is 10.1. The Bertz CT molecular complexity index is 699. The van der Waals surface area contributed by atoms with Crippen LogP contribution < -0.4 is 14.9 Å². The molecule has 0 aliphatic carbocycles. The van der Waals surface area contributed by atoms with Gasteiger partial charge in [-0.2, -0.15) is 5.10 Å². The molecule has 0 saturated heterocycles. The summed E-state index contributed by atoms with van der Waals surface area (Å²) >= 11 is 3.40. The van der Waals surface area contributed by atoms with Gasteiger partial charge in [0.05, 0.1) is 12.8 Å². The maximum Gasteiger partial charge on any atom is 0.277 e. The molecule has 0 aliphatic rings. The minimum Gasteiger partial charge on any atom is -0.497 e. The van der Waals surface area contributed by atoms with Crippen LogP contribution in [-0.2, 0) is 4.79 Å². The topological polar surface area (TPSA) is 59.9 Å². The summed E-state index contributed by atoms with van der Waals surface area (Å²) in [6.45, 7) is 1.72. The van der Waals surface area contributed by atoms with Crippen molar-refractivity contribution in [3.8, 4) is 11.5 Å². The van der Waals surface area contributed by atoms with Crippen molar-refractivity contribution in [1.29, 1.82) is 0 Å². The fourth-order valence-electron chi connectivity index (χ4n) is 1.78. The fourth-order valence-corrected chi connectivity index (χ4v) is 2.18. The number of nitrogens with zero attached hydrogens (tertiary/aromatic N) is 1. The Kier molecular flexibility index (Phi) is 6.17. The van der Waals surface area contributed by atoms with E-state index in [1.165, 1.54) is 0 Å². The third-order valence-corrected chi connectivity index (χ3v) is 3.51. The first-order valence-electron chi connectivity index (χ1n) is 6.94. The second-order valence-electron chi connectivity index (χ2n) is 4.71. The lowest BCUT2D eigenvalue weighted by molar-refractivity contribution is -0.123. The van der Waals surface area contributed by atoms with E-state index in [0.717, 1.165) is 15.8 Å². The van der Waals surface area contributed by atoms with Gasteiger partial charge in [0.2, 0.25) is 0 Å². The first-order chi connectivity index (χ1) is 11.1. The number of amides is 1. The van der Waals surface area contributed by atoms with Crippen molar-refractivity contribution in [3.05, 3.63) is 58.6 Å². The van der Waals surface area contributed by atoms with Gasteiger partial charge in [0.25, 0.3) is 5.91 Å². The molecule has 2 rings (SSSR count). The molecule has 0 aliphatic heterocycles. The van der Waals surface area contributed by atoms with Gasteiger partial charge >= 0.3 is 0 Å². The second-order valence-corrected chi connectivity index (χ2v) is 5.62. The summed E-state index contributed by atoms with van der Waals surface area (Å²) in [5.41, 5.74) is 4.12. The van der Waals surface area contributed by atoms with Gasteiger partial charge in [0.15, 0.2) is 6.61 Å². The van der Waals surface area contributed by atoms with Crippen LogP contribution in [0.4, 0.5) is 0 Å². The highest BCUT2D eigenvalue weighted by atomic mass is 79.9. The Hall–Kier alpha value is -2.34. The van der Waals surface area contributed by atoms with E-state index >= 15 is 0 Å². The van der Waals surface area contributed by atoms with Gasteiger partial charge in [-0.25, -0.2) is 5.43 Å². The van der Waals surface area contributed by atoms with Crippen LogP contribution in [0.15, 0.2) is 58.1 Å². The van der Waals surface area contributed by atoms with E-state index in [4.69, 9.17) is 9.47 Å². The first-order valence-corrected chi connectivity index (χ1v) is 7.73. The van der Waals surface area contributed by atoms with Crippen molar-refractivity contribution in [2.75, 3.05) is 13.7 Å². The molecule has 2 aromatic rings. The molecule has 120 valence electrons. The van der Waals surface area contributed by atoms with Gasteiger partial charge < -0.3 is 9.47 Å². The molecule has 0 spiro atoms. The van der Waals surface area contributed by atoms with Crippen LogP contribution >= 0.6 is 15.9 Å². The standard InChI is InChI=1S/C17H17BrN2O3/c1-12(13-4-3-5-14(18)10-13)19-20-17(21)11-23-16-8-6-15(22-2)7-9-16/h3-10H,11H2,1-2H3,(H,20,21)/b19-12-. The zero-order valence-corrected chi connectivity index (χ0v) is 14.5. The van der Waals surface area contributed by atoms with Crippen LogP contribution in [0.2, 0.25) is 0 Å². The minimum absolute atomic E-state index is 0.110. The summed E-state index contributed by atoms with van der Waals surface area (Å²) in [7, 11) is 1.59. The molecule has 0 unspecified atom stereocenters. The molecule has 1 amide bonds. The molecule has 0 aromatic heterocycles. The summed E-state index contributed by atoms with van der Waals surface area (Å²) in [4.78, 5) is 11.8. The Morgan fingerprint density at radius 1 is 1.17 bits per heavy atom. The fraction of sp³-hybridized carbons (Fsp3) is 0.176. The second kappa shape index (κ2) is 8.33. The summed E-state index contributed by atoms with van der Waals surface area (Å²) in [5, 5.41) is 4.07. The highest BCUT2D eigenvalue weighted by Gasteiger charge is 2.03. The van der Waals surface area contributed by atoms with Crippen LogP contribution in [0.1, 0.15) is 12.5 Å². The van der Waals surface area contributed by atoms with Gasteiger partial charge in [0, 0.05) is 4.47 Å². The molecule has 5 nitrogen and oxygen atoms in total. The molecule has 0 atom stereocenters. The van der Waals surface area contributed by atoms with Crippen molar-refractivity contribution in [2.24, 2.45) is 5.10 Å². The number of methoxy groups -OCH3 is 1. The van der Waals surface area contributed by atoms with Crippen molar-refractivity contribution < 1.29 is 14.3 Å². The third-order valence-electron chi connectivity index (χ3n) is 3.02. The van der Waals surface area contributed by atoms with Crippen molar-refractivity contribution in [3.63, 3.8) is 0 Å². The number of halogens is 1. The van der Waals surface area contributed by atoms with E-state index in [0.29, 0.717) is 11.5 Å². The van der Waals surface area contributed by atoms with E-state index in [9.17, 15) is 4.79 Å². The van der Waals surface area contributed by atoms with Crippen molar-refractivity contribution in [2.45, 2.75) is 6.92 Å². The quantitative estimate of drug-likeness (QED) is 0.620. The average molecular weight is 377 g/mol. The molecule has 1 N–H and O–H groups in total. The number of benzene rings is 2. The molecule has 0 radical (unpaired) electrons. The monoisotopic (exact) mass is 376 g/mol. The van der Waals surface area contributed by atoms with Gasteiger partial charge in [-0.1, -0.05) is 28.1 Å². The predicted octanol–water partition coefficient (Wildman–Crippen LogP) is 3.38. The van der Waals surface area contributed by atoms with Crippen LogP contribution in [0.25, 0.3) is 0 Å². The zero-order valence-electron chi connectivity index (χ0n) is 12.9. The van der Waals surface area contributed by atoms with Crippen molar-refractivity contribution >= 4 is 27.5 Å². The van der Waals surface area contributed by atoms with E-state index < -0.39 is 0 Å². The molecular weight excluding hydrogens is 360 g/mol. The molecule has 0 saturated carbocycles. The summed E-state index contributed by atoms with van der Waals surface area (Å²) in [6, 6.07) is 14.7. The van der Waals surface area contributed by atoms with E-state index in [-0.39, 0.29) is 12.5 Å². The average Bonchev–Trinajstić information content (AvgIpc) is 2.58. The number of nitrogens with one attached hydrogen (secondary N) is 1. The number of hydrogen-bond acceptors (Lipinski definition) is 4. The third kappa shape index (κ3) is 5.41. The predicted molar refractivity (Wildman–Crippen MR) is 93.0 cm³/mol. The Labute approximate surface area is 143 Å². The number of carbonyl (C=O) groups is 1. The summed E-state index contributed by atoms with van der Waals surface area (Å²) < 4.78 is 11.4. The molecule has 0 fully saturated rings. The minimum atomic E-state index is -0.324. The van der Waals surface area contributed by atoms with Gasteiger partial charge in [-0.3, -0.25) is 4.79 Å². The molecule has 6 heteroatoms. The number of hydrazone groups is 1. The van der Waals surface area contributed by atoms with E-state index in [2.05, 4.69) is 26.5 Å². The highest BCUT2D eigenvalue weighted by molar-refractivity contribution is 9.10. The normalized spacial score (nSPS) is 11.0. The Balaban J connectivity index is 1.85. The maximum atomic E-state index is 11.8. The first kappa shape index (κ1) is 17.0. The number of ether oxygens (including phenoxy) is 2. The maximum absolute atomic E-state index is 11.8. The number of hydrogen-bond donors (Lipinski definition) is 1. The molecule has 0 bridgehead atoms. The molecule has 0 heterocycles. The SMILES string of the molecule is COc1ccc(OCC(=O)N/N=C(/C)c2cccc(Br)c2)cc1. The van der Waals surface area contributed by atoms with E-state index in [1.54, 1.807) is 31.4 Å². The lowest BCUT2D eigenvalue weighted by Gasteiger charge is -2.07. The van der Waals surface area contributed by atoms with E-state index in [1.807, 2.05) is 31.2 Å². The number of rotatable bonds is 6. The summed E-state index contributed by atoms with van der Waals surface area (Å²) in [5.74, 6) is 1.000. The Morgan fingerprint density at radius 2 is 1.87 bits per heavy atom. The van der Waals surface area contributed by atoms with Gasteiger partial charge in [-0.05, 0) is 48.9 Å². The number of carbonyl (C=O) groups excluding carboxylic acids is 1. The lowest BCUT2D eigenvalue weighted by Crippen LogP contribution is -2.25. The zero-order chi connectivity index (χ0) is 16.7. The van der Waals surface area contributed by atoms with Crippen LogP contribution in [0.5, 0.6) is 11.5 Å². The highest BCUT2D eigenvalue weighted by Crippen LogP contribution is 2.16. The van der Waals surface area contributed by atoms with Gasteiger partial charge in [-0.15, -0.1) is 0 Å². The largest absolute Gasteiger partial charge is 0.497 e. The van der Waals surface area contributed by atoms with Crippen LogP contribution in [0.3, 0.4) is 0 Å².